The molecule has 4 rings (SSSR count). The standard InChI is InChI=1S/C27H32N2O6/c30-25(29-14-6-5-7-19(29)17-26(31)32)12-15-34-16-13-28-27(33)35-18-24-22-10-3-1-8-20(22)21-9-2-4-11-23(21)24/h1-4,8-11,19,24H,5-7,12-18H2,(H,28,33)(H,31,32). The van der Waals surface area contributed by atoms with E-state index in [9.17, 15) is 14.4 Å². The van der Waals surface area contributed by atoms with Crippen LogP contribution in [-0.2, 0) is 19.1 Å². The zero-order chi connectivity index (χ0) is 24.6. The Labute approximate surface area is 205 Å². The zero-order valence-corrected chi connectivity index (χ0v) is 19.8. The number of alkyl carbamates (subject to hydrolysis) is 1. The minimum Gasteiger partial charge on any atom is -0.481 e. The fourth-order valence-electron chi connectivity index (χ4n) is 5.02. The van der Waals surface area contributed by atoms with E-state index in [1.54, 1.807) is 4.90 Å². The molecular formula is C27H32N2O6. The molecule has 1 saturated heterocycles. The Morgan fingerprint density at radius 1 is 0.971 bits per heavy atom. The fourth-order valence-corrected chi connectivity index (χ4v) is 5.02. The number of amides is 2. The smallest absolute Gasteiger partial charge is 0.407 e. The van der Waals surface area contributed by atoms with Gasteiger partial charge >= 0.3 is 12.1 Å². The predicted octanol–water partition coefficient (Wildman–Crippen LogP) is 3.79. The molecule has 2 amide bonds. The number of hydrogen-bond acceptors (Lipinski definition) is 5. The minimum absolute atomic E-state index is 0.00940. The molecule has 2 aromatic rings. The lowest BCUT2D eigenvalue weighted by Gasteiger charge is -2.35. The number of ether oxygens (including phenoxy) is 2. The Balaban J connectivity index is 1.14. The van der Waals surface area contributed by atoms with Gasteiger partial charge in [0, 0.05) is 25.0 Å². The lowest BCUT2D eigenvalue weighted by molar-refractivity contribution is -0.142. The summed E-state index contributed by atoms with van der Waals surface area (Å²) in [6, 6.07) is 16.1. The van der Waals surface area contributed by atoms with Crippen molar-refractivity contribution in [3.05, 3.63) is 59.7 Å². The van der Waals surface area contributed by atoms with Crippen LogP contribution in [0.2, 0.25) is 0 Å². The topological polar surface area (TPSA) is 105 Å². The quantitative estimate of drug-likeness (QED) is 0.502. The van der Waals surface area contributed by atoms with Gasteiger partial charge in [0.15, 0.2) is 0 Å². The van der Waals surface area contributed by atoms with E-state index in [1.165, 1.54) is 11.1 Å². The molecule has 1 fully saturated rings. The average Bonchev–Trinajstić information content (AvgIpc) is 3.18. The maximum absolute atomic E-state index is 12.5. The number of likely N-dealkylation sites (tertiary alicyclic amines) is 1. The van der Waals surface area contributed by atoms with Gasteiger partial charge in [-0.2, -0.15) is 0 Å². The molecule has 8 nitrogen and oxygen atoms in total. The molecule has 1 unspecified atom stereocenters. The fraction of sp³-hybridized carbons (Fsp3) is 0.444. The summed E-state index contributed by atoms with van der Waals surface area (Å²) in [4.78, 5) is 37.4. The first kappa shape index (κ1) is 24.7. The molecule has 2 aromatic carbocycles. The number of carboxylic acids is 1. The molecule has 8 heteroatoms. The van der Waals surface area contributed by atoms with Crippen LogP contribution in [0, 0.1) is 0 Å². The number of piperidine rings is 1. The van der Waals surface area contributed by atoms with Crippen molar-refractivity contribution in [3.8, 4) is 11.1 Å². The molecule has 35 heavy (non-hydrogen) atoms. The van der Waals surface area contributed by atoms with Crippen molar-refractivity contribution in [2.24, 2.45) is 0 Å². The number of rotatable bonds is 10. The molecule has 1 heterocycles. The number of benzene rings is 2. The maximum atomic E-state index is 12.5. The molecule has 1 aliphatic carbocycles. The molecule has 186 valence electrons. The second-order valence-corrected chi connectivity index (χ2v) is 8.95. The molecule has 0 spiro atoms. The van der Waals surface area contributed by atoms with Crippen LogP contribution in [0.1, 0.15) is 49.1 Å². The van der Waals surface area contributed by atoms with E-state index in [0.29, 0.717) is 6.54 Å². The number of carboxylic acid groups (broad SMARTS) is 1. The first-order chi connectivity index (χ1) is 17.0. The minimum atomic E-state index is -0.884. The summed E-state index contributed by atoms with van der Waals surface area (Å²) < 4.78 is 11.0. The van der Waals surface area contributed by atoms with Gasteiger partial charge in [-0.05, 0) is 41.5 Å². The molecule has 0 bridgehead atoms. The zero-order valence-electron chi connectivity index (χ0n) is 19.8. The third-order valence-corrected chi connectivity index (χ3v) is 6.68. The van der Waals surface area contributed by atoms with Gasteiger partial charge in [0.05, 0.1) is 26.1 Å². The summed E-state index contributed by atoms with van der Waals surface area (Å²) in [5, 5.41) is 11.8. The van der Waals surface area contributed by atoms with E-state index in [0.717, 1.165) is 30.4 Å². The number of nitrogens with one attached hydrogen (secondary N) is 1. The van der Waals surface area contributed by atoms with Gasteiger partial charge in [-0.3, -0.25) is 9.59 Å². The van der Waals surface area contributed by atoms with Crippen molar-refractivity contribution in [1.29, 1.82) is 0 Å². The lowest BCUT2D eigenvalue weighted by atomic mass is 9.98. The van der Waals surface area contributed by atoms with Crippen LogP contribution in [-0.4, -0.2) is 66.9 Å². The number of nitrogens with zero attached hydrogens (tertiary/aromatic N) is 1. The largest absolute Gasteiger partial charge is 0.481 e. The normalized spacial score (nSPS) is 16.9. The van der Waals surface area contributed by atoms with Crippen LogP contribution in [0.25, 0.3) is 11.1 Å². The van der Waals surface area contributed by atoms with Gasteiger partial charge in [0.1, 0.15) is 6.61 Å². The second kappa shape index (κ2) is 11.8. The van der Waals surface area contributed by atoms with E-state index in [2.05, 4.69) is 29.6 Å². The molecule has 0 saturated carbocycles. The highest BCUT2D eigenvalue weighted by Gasteiger charge is 2.29. The first-order valence-corrected chi connectivity index (χ1v) is 12.2. The van der Waals surface area contributed by atoms with E-state index < -0.39 is 12.1 Å². The third-order valence-electron chi connectivity index (χ3n) is 6.68. The highest BCUT2D eigenvalue weighted by Crippen LogP contribution is 2.44. The van der Waals surface area contributed by atoms with Crippen molar-refractivity contribution in [2.75, 3.05) is 32.9 Å². The molecule has 2 aliphatic rings. The van der Waals surface area contributed by atoms with Crippen LogP contribution in [0.5, 0.6) is 0 Å². The van der Waals surface area contributed by atoms with E-state index >= 15 is 0 Å². The SMILES string of the molecule is O=C(O)CC1CCCCN1C(=O)CCOCCNC(=O)OCC1c2ccccc2-c2ccccc21. The summed E-state index contributed by atoms with van der Waals surface area (Å²) in [7, 11) is 0. The summed E-state index contributed by atoms with van der Waals surface area (Å²) in [6.45, 7) is 1.61. The monoisotopic (exact) mass is 480 g/mol. The Kier molecular flexibility index (Phi) is 8.36. The average molecular weight is 481 g/mol. The Bertz CT molecular complexity index is 1010. The van der Waals surface area contributed by atoms with E-state index in [4.69, 9.17) is 14.6 Å². The molecule has 1 aliphatic heterocycles. The van der Waals surface area contributed by atoms with Crippen LogP contribution >= 0.6 is 0 Å². The summed E-state index contributed by atoms with van der Waals surface area (Å²) in [5.41, 5.74) is 4.68. The van der Waals surface area contributed by atoms with Crippen LogP contribution < -0.4 is 5.32 Å². The van der Waals surface area contributed by atoms with Gasteiger partial charge in [0.25, 0.3) is 0 Å². The number of fused-ring (bicyclic) bond motifs is 3. The van der Waals surface area contributed by atoms with Gasteiger partial charge in [0.2, 0.25) is 5.91 Å². The molecule has 2 N–H and O–H groups in total. The van der Waals surface area contributed by atoms with E-state index in [-0.39, 0.29) is 57.1 Å². The van der Waals surface area contributed by atoms with Crippen LogP contribution in [0.4, 0.5) is 4.79 Å². The highest BCUT2D eigenvalue weighted by atomic mass is 16.5. The third kappa shape index (κ3) is 6.19. The molecule has 0 radical (unpaired) electrons. The van der Waals surface area contributed by atoms with Crippen molar-refractivity contribution in [2.45, 2.75) is 44.1 Å². The lowest BCUT2D eigenvalue weighted by Crippen LogP contribution is -2.45. The van der Waals surface area contributed by atoms with Gasteiger partial charge in [-0.25, -0.2) is 4.79 Å². The Morgan fingerprint density at radius 3 is 2.34 bits per heavy atom. The number of carbonyl (C=O) groups excluding carboxylic acids is 2. The summed E-state index contributed by atoms with van der Waals surface area (Å²) in [5.74, 6) is -0.958. The molecule has 0 aromatic heterocycles. The van der Waals surface area contributed by atoms with E-state index in [1.807, 2.05) is 24.3 Å². The van der Waals surface area contributed by atoms with Crippen molar-refractivity contribution >= 4 is 18.0 Å². The van der Waals surface area contributed by atoms with Gasteiger partial charge < -0.3 is 24.8 Å². The summed E-state index contributed by atoms with van der Waals surface area (Å²) >= 11 is 0. The predicted molar refractivity (Wildman–Crippen MR) is 130 cm³/mol. The number of carbonyl (C=O) groups is 3. The van der Waals surface area contributed by atoms with Gasteiger partial charge in [-0.15, -0.1) is 0 Å². The molecular weight excluding hydrogens is 448 g/mol. The van der Waals surface area contributed by atoms with Crippen LogP contribution in [0.3, 0.4) is 0 Å². The maximum Gasteiger partial charge on any atom is 0.407 e. The Hall–Kier alpha value is -3.39. The molecule has 1 atom stereocenters. The highest BCUT2D eigenvalue weighted by molar-refractivity contribution is 5.79. The van der Waals surface area contributed by atoms with Crippen molar-refractivity contribution in [3.63, 3.8) is 0 Å². The van der Waals surface area contributed by atoms with Crippen LogP contribution in [0.15, 0.2) is 48.5 Å². The first-order valence-electron chi connectivity index (χ1n) is 12.2. The second-order valence-electron chi connectivity index (χ2n) is 8.95. The van der Waals surface area contributed by atoms with Gasteiger partial charge in [-0.1, -0.05) is 48.5 Å². The Morgan fingerprint density at radius 2 is 1.66 bits per heavy atom. The number of aliphatic carboxylic acids is 1. The van der Waals surface area contributed by atoms with Crippen molar-refractivity contribution < 1.29 is 29.0 Å². The van der Waals surface area contributed by atoms with Crippen molar-refractivity contribution in [1.82, 2.24) is 10.2 Å². The summed E-state index contributed by atoms with van der Waals surface area (Å²) in [6.07, 6.45) is 2.24. The number of hydrogen-bond donors (Lipinski definition) is 2.